The molecule has 0 spiro atoms. The van der Waals surface area contributed by atoms with E-state index in [0.717, 1.165) is 3.57 Å². The maximum Gasteiger partial charge on any atom is 0.337 e. The van der Waals surface area contributed by atoms with Crippen LogP contribution in [-0.2, 0) is 4.79 Å². The van der Waals surface area contributed by atoms with E-state index in [9.17, 15) is 9.59 Å². The van der Waals surface area contributed by atoms with Crippen LogP contribution in [-0.4, -0.2) is 29.6 Å². The second kappa shape index (κ2) is 6.69. The van der Waals surface area contributed by atoms with Gasteiger partial charge in [-0.1, -0.05) is 13.8 Å². The summed E-state index contributed by atoms with van der Waals surface area (Å²) in [6.07, 6.45) is 0. The van der Waals surface area contributed by atoms with E-state index in [1.165, 1.54) is 6.07 Å². The molecule has 0 bridgehead atoms. The lowest BCUT2D eigenvalue weighted by Crippen LogP contribution is -2.33. The zero-order valence-electron chi connectivity index (χ0n) is 10.2. The van der Waals surface area contributed by atoms with Crippen LogP contribution in [0.3, 0.4) is 0 Å². The molecule has 1 amide bonds. The lowest BCUT2D eigenvalue weighted by atomic mass is 10.2. The third-order valence-corrected chi connectivity index (χ3v) is 2.83. The molecule has 6 heteroatoms. The van der Waals surface area contributed by atoms with Gasteiger partial charge in [0.15, 0.2) is 0 Å². The van der Waals surface area contributed by atoms with Crippen molar-refractivity contribution in [2.75, 3.05) is 11.9 Å². The molecule has 0 heterocycles. The van der Waals surface area contributed by atoms with Crippen molar-refractivity contribution in [1.82, 2.24) is 5.32 Å². The number of amides is 1. The monoisotopic (exact) mass is 362 g/mol. The van der Waals surface area contributed by atoms with Gasteiger partial charge in [-0.15, -0.1) is 0 Å². The molecular formula is C12H15IN2O3. The van der Waals surface area contributed by atoms with E-state index >= 15 is 0 Å². The Labute approximate surface area is 119 Å². The highest BCUT2D eigenvalue weighted by atomic mass is 127. The fourth-order valence-corrected chi connectivity index (χ4v) is 1.78. The van der Waals surface area contributed by atoms with Gasteiger partial charge in [-0.3, -0.25) is 4.79 Å². The summed E-state index contributed by atoms with van der Waals surface area (Å²) in [7, 11) is 0. The van der Waals surface area contributed by atoms with Gasteiger partial charge in [0.2, 0.25) is 5.91 Å². The van der Waals surface area contributed by atoms with Crippen molar-refractivity contribution in [1.29, 1.82) is 0 Å². The summed E-state index contributed by atoms with van der Waals surface area (Å²) in [5.74, 6) is -1.31. The lowest BCUT2D eigenvalue weighted by Gasteiger charge is -2.11. The molecule has 0 aromatic heterocycles. The molecule has 1 aromatic rings. The number of carbonyl (C=O) groups is 2. The van der Waals surface area contributed by atoms with Crippen LogP contribution in [0.1, 0.15) is 24.2 Å². The number of halogens is 1. The molecule has 5 nitrogen and oxygen atoms in total. The topological polar surface area (TPSA) is 78.4 Å². The first kappa shape index (κ1) is 14.9. The standard InChI is InChI=1S/C12H15IN2O3/c1-7(2)14-6-11(16)15-10-4-3-8(13)5-9(10)12(17)18/h3-5,7,14H,6H2,1-2H3,(H,15,16)(H,17,18). The van der Waals surface area contributed by atoms with E-state index in [2.05, 4.69) is 10.6 Å². The van der Waals surface area contributed by atoms with Crippen LogP contribution < -0.4 is 10.6 Å². The number of carboxylic acids is 1. The largest absolute Gasteiger partial charge is 0.478 e. The number of carboxylic acid groups (broad SMARTS) is 1. The van der Waals surface area contributed by atoms with Gasteiger partial charge in [0.25, 0.3) is 0 Å². The molecule has 18 heavy (non-hydrogen) atoms. The third kappa shape index (κ3) is 4.61. The SMILES string of the molecule is CC(C)NCC(=O)Nc1ccc(I)cc1C(=O)O. The van der Waals surface area contributed by atoms with Crippen LogP contribution in [0.15, 0.2) is 18.2 Å². The minimum Gasteiger partial charge on any atom is -0.478 e. The van der Waals surface area contributed by atoms with Crippen LogP contribution in [0, 0.1) is 3.57 Å². The van der Waals surface area contributed by atoms with Crippen molar-refractivity contribution in [3.05, 3.63) is 27.3 Å². The third-order valence-electron chi connectivity index (χ3n) is 2.16. The van der Waals surface area contributed by atoms with Crippen LogP contribution in [0.25, 0.3) is 0 Å². The van der Waals surface area contributed by atoms with Gasteiger partial charge in [0.1, 0.15) is 0 Å². The van der Waals surface area contributed by atoms with Gasteiger partial charge in [0.05, 0.1) is 17.8 Å². The predicted octanol–water partition coefficient (Wildman–Crippen LogP) is 1.93. The van der Waals surface area contributed by atoms with Gasteiger partial charge < -0.3 is 15.7 Å². The van der Waals surface area contributed by atoms with Crippen molar-refractivity contribution in [3.63, 3.8) is 0 Å². The quantitative estimate of drug-likeness (QED) is 0.700. The van der Waals surface area contributed by atoms with Crippen molar-refractivity contribution in [3.8, 4) is 0 Å². The summed E-state index contributed by atoms with van der Waals surface area (Å²) in [5.41, 5.74) is 0.415. The maximum absolute atomic E-state index is 11.6. The van der Waals surface area contributed by atoms with Crippen molar-refractivity contribution < 1.29 is 14.7 Å². The summed E-state index contributed by atoms with van der Waals surface area (Å²) in [4.78, 5) is 22.7. The summed E-state index contributed by atoms with van der Waals surface area (Å²) < 4.78 is 0.809. The predicted molar refractivity (Wildman–Crippen MR) is 77.9 cm³/mol. The van der Waals surface area contributed by atoms with Gasteiger partial charge in [0, 0.05) is 9.61 Å². The molecular weight excluding hydrogens is 347 g/mol. The fourth-order valence-electron chi connectivity index (χ4n) is 1.29. The van der Waals surface area contributed by atoms with Gasteiger partial charge in [-0.05, 0) is 40.8 Å². The molecule has 0 aliphatic rings. The van der Waals surface area contributed by atoms with Crippen LogP contribution in [0.2, 0.25) is 0 Å². The average molecular weight is 362 g/mol. The van der Waals surface area contributed by atoms with Crippen molar-refractivity contribution in [2.45, 2.75) is 19.9 Å². The van der Waals surface area contributed by atoms with E-state index in [0.29, 0.717) is 5.69 Å². The van der Waals surface area contributed by atoms with E-state index in [-0.39, 0.29) is 24.1 Å². The molecule has 0 saturated heterocycles. The summed E-state index contributed by atoms with van der Waals surface area (Å²) in [5, 5.41) is 14.6. The average Bonchev–Trinajstić information content (AvgIpc) is 2.28. The van der Waals surface area contributed by atoms with Crippen LogP contribution in [0.5, 0.6) is 0 Å². The highest BCUT2D eigenvalue weighted by molar-refractivity contribution is 14.1. The summed E-state index contributed by atoms with van der Waals surface area (Å²) in [6, 6.07) is 5.07. The Kier molecular flexibility index (Phi) is 5.54. The van der Waals surface area contributed by atoms with E-state index < -0.39 is 5.97 Å². The van der Waals surface area contributed by atoms with Crippen LogP contribution in [0.4, 0.5) is 5.69 Å². The number of rotatable bonds is 5. The highest BCUT2D eigenvalue weighted by Crippen LogP contribution is 2.18. The molecule has 3 N–H and O–H groups in total. The first-order chi connectivity index (χ1) is 8.40. The number of aromatic carboxylic acids is 1. The molecule has 0 saturated carbocycles. The Morgan fingerprint density at radius 1 is 1.39 bits per heavy atom. The fraction of sp³-hybridized carbons (Fsp3) is 0.333. The summed E-state index contributed by atoms with van der Waals surface area (Å²) in [6.45, 7) is 4.02. The number of nitrogens with one attached hydrogen (secondary N) is 2. The molecule has 0 atom stereocenters. The van der Waals surface area contributed by atoms with E-state index in [4.69, 9.17) is 5.11 Å². The van der Waals surface area contributed by atoms with Gasteiger partial charge in [-0.25, -0.2) is 4.79 Å². The zero-order chi connectivity index (χ0) is 13.7. The van der Waals surface area contributed by atoms with Crippen molar-refractivity contribution in [2.24, 2.45) is 0 Å². The Morgan fingerprint density at radius 3 is 2.61 bits per heavy atom. The first-order valence-corrected chi connectivity index (χ1v) is 6.54. The second-order valence-electron chi connectivity index (χ2n) is 4.08. The number of benzene rings is 1. The smallest absolute Gasteiger partial charge is 0.337 e. The molecule has 0 radical (unpaired) electrons. The molecule has 0 aliphatic carbocycles. The van der Waals surface area contributed by atoms with Crippen LogP contribution >= 0.6 is 22.6 Å². The highest BCUT2D eigenvalue weighted by Gasteiger charge is 2.12. The Balaban J connectivity index is 2.78. The Bertz CT molecular complexity index is 461. The number of carbonyl (C=O) groups excluding carboxylic acids is 1. The summed E-state index contributed by atoms with van der Waals surface area (Å²) >= 11 is 2.03. The number of anilines is 1. The van der Waals surface area contributed by atoms with Gasteiger partial charge >= 0.3 is 5.97 Å². The van der Waals surface area contributed by atoms with E-state index in [1.54, 1.807) is 12.1 Å². The zero-order valence-corrected chi connectivity index (χ0v) is 12.3. The second-order valence-corrected chi connectivity index (χ2v) is 5.32. The number of hydrogen-bond donors (Lipinski definition) is 3. The molecule has 0 aliphatic heterocycles. The molecule has 1 aromatic carbocycles. The molecule has 98 valence electrons. The Hall–Kier alpha value is -1.15. The van der Waals surface area contributed by atoms with E-state index in [1.807, 2.05) is 36.4 Å². The molecule has 0 fully saturated rings. The Morgan fingerprint density at radius 2 is 2.06 bits per heavy atom. The first-order valence-electron chi connectivity index (χ1n) is 5.46. The van der Waals surface area contributed by atoms with Crippen molar-refractivity contribution >= 4 is 40.2 Å². The number of hydrogen-bond acceptors (Lipinski definition) is 3. The minimum atomic E-state index is -1.05. The normalized spacial score (nSPS) is 10.4. The minimum absolute atomic E-state index is 0.0970. The molecule has 0 unspecified atom stereocenters. The lowest BCUT2D eigenvalue weighted by molar-refractivity contribution is -0.115. The molecule has 1 rings (SSSR count). The maximum atomic E-state index is 11.6. The van der Waals surface area contributed by atoms with Gasteiger partial charge in [-0.2, -0.15) is 0 Å².